The summed E-state index contributed by atoms with van der Waals surface area (Å²) in [7, 11) is 1.18. The topological polar surface area (TPSA) is 97.5 Å². The molecule has 114 valence electrons. The number of ether oxygens (including phenoxy) is 2. The molecule has 0 aliphatic carbocycles. The van der Waals surface area contributed by atoms with E-state index in [0.717, 1.165) is 5.56 Å². The van der Waals surface area contributed by atoms with Crippen molar-refractivity contribution in [2.45, 2.75) is 6.61 Å². The monoisotopic (exact) mass is 302 g/mol. The lowest BCUT2D eigenvalue weighted by Gasteiger charge is -2.09. The Morgan fingerprint density at radius 1 is 1.18 bits per heavy atom. The normalized spacial score (nSPS) is 9.86. The molecular formula is C15H14N2O5. The van der Waals surface area contributed by atoms with Crippen LogP contribution in [0.5, 0.6) is 0 Å². The van der Waals surface area contributed by atoms with Gasteiger partial charge in [-0.1, -0.05) is 30.3 Å². The third kappa shape index (κ3) is 3.72. The summed E-state index contributed by atoms with van der Waals surface area (Å²) in [6, 6.07) is 10.4. The minimum Gasteiger partial charge on any atom is -0.465 e. The molecule has 0 radical (unpaired) electrons. The minimum atomic E-state index is -0.842. The highest BCUT2D eigenvalue weighted by molar-refractivity contribution is 5.99. The number of H-pyrrole nitrogens is 1. The van der Waals surface area contributed by atoms with Crippen LogP contribution in [-0.4, -0.2) is 24.2 Å². The van der Waals surface area contributed by atoms with Gasteiger partial charge in [0.2, 0.25) is 0 Å². The van der Waals surface area contributed by atoms with Gasteiger partial charge in [-0.15, -0.1) is 0 Å². The van der Waals surface area contributed by atoms with E-state index in [2.05, 4.69) is 15.0 Å². The Morgan fingerprint density at radius 3 is 2.59 bits per heavy atom. The summed E-state index contributed by atoms with van der Waals surface area (Å²) in [5, 5.41) is 2.26. The molecule has 0 spiro atoms. The van der Waals surface area contributed by atoms with E-state index in [9.17, 15) is 14.4 Å². The highest BCUT2D eigenvalue weighted by Crippen LogP contribution is 2.11. The number of rotatable bonds is 4. The maximum atomic E-state index is 11.8. The van der Waals surface area contributed by atoms with Crippen molar-refractivity contribution in [1.29, 1.82) is 0 Å². The number of esters is 1. The van der Waals surface area contributed by atoms with E-state index in [4.69, 9.17) is 4.74 Å². The van der Waals surface area contributed by atoms with Crippen LogP contribution in [0.4, 0.5) is 10.5 Å². The van der Waals surface area contributed by atoms with Crippen LogP contribution in [0, 0.1) is 0 Å². The Morgan fingerprint density at radius 2 is 1.91 bits per heavy atom. The van der Waals surface area contributed by atoms with Crippen LogP contribution in [0.15, 0.2) is 47.4 Å². The molecule has 7 heteroatoms. The van der Waals surface area contributed by atoms with E-state index in [1.54, 1.807) is 12.1 Å². The number of aromatic amines is 1. The molecule has 7 nitrogen and oxygen atoms in total. The fourth-order valence-corrected chi connectivity index (χ4v) is 1.74. The summed E-state index contributed by atoms with van der Waals surface area (Å²) in [6.45, 7) is 0.0466. The SMILES string of the molecule is COC(=O)c1cc[nH]c(=O)c1NC(=O)OCc1ccccc1. The molecule has 0 bridgehead atoms. The second-order valence-corrected chi connectivity index (χ2v) is 4.27. The standard InChI is InChI=1S/C15H14N2O5/c1-21-14(19)11-7-8-16-13(18)12(11)17-15(20)22-9-10-5-3-2-4-6-10/h2-8H,9H2,1H3,(H,16,18)(H,17,20). The molecule has 0 aliphatic heterocycles. The van der Waals surface area contributed by atoms with E-state index >= 15 is 0 Å². The Hall–Kier alpha value is -3.09. The lowest BCUT2D eigenvalue weighted by molar-refractivity contribution is 0.0601. The van der Waals surface area contributed by atoms with Gasteiger partial charge < -0.3 is 14.5 Å². The van der Waals surface area contributed by atoms with Crippen molar-refractivity contribution in [3.05, 3.63) is 64.1 Å². The first-order valence-electron chi connectivity index (χ1n) is 6.39. The number of carbonyl (C=O) groups is 2. The van der Waals surface area contributed by atoms with Crippen LogP contribution in [0.1, 0.15) is 15.9 Å². The largest absolute Gasteiger partial charge is 0.465 e. The molecule has 1 heterocycles. The van der Waals surface area contributed by atoms with Gasteiger partial charge in [0.1, 0.15) is 12.3 Å². The second-order valence-electron chi connectivity index (χ2n) is 4.27. The summed E-state index contributed by atoms with van der Waals surface area (Å²) < 4.78 is 9.56. The molecule has 0 fully saturated rings. The number of hydrogen-bond donors (Lipinski definition) is 2. The molecule has 2 N–H and O–H groups in total. The zero-order valence-corrected chi connectivity index (χ0v) is 11.8. The van der Waals surface area contributed by atoms with E-state index in [-0.39, 0.29) is 17.9 Å². The molecule has 0 saturated heterocycles. The summed E-state index contributed by atoms with van der Waals surface area (Å²) >= 11 is 0. The lowest BCUT2D eigenvalue weighted by Crippen LogP contribution is -2.23. The van der Waals surface area contributed by atoms with E-state index < -0.39 is 17.6 Å². The Bertz CT molecular complexity index is 724. The number of benzene rings is 1. The van der Waals surface area contributed by atoms with Crippen molar-refractivity contribution in [3.63, 3.8) is 0 Å². The van der Waals surface area contributed by atoms with Crippen LogP contribution in [-0.2, 0) is 16.1 Å². The Labute approximate surface area is 125 Å². The quantitative estimate of drug-likeness (QED) is 0.841. The summed E-state index contributed by atoms with van der Waals surface area (Å²) in [5.74, 6) is -0.732. The van der Waals surface area contributed by atoms with Crippen molar-refractivity contribution in [2.24, 2.45) is 0 Å². The molecule has 1 aromatic heterocycles. The van der Waals surface area contributed by atoms with Crippen LogP contribution in [0.25, 0.3) is 0 Å². The number of nitrogens with one attached hydrogen (secondary N) is 2. The van der Waals surface area contributed by atoms with Gasteiger partial charge in [0, 0.05) is 6.20 Å². The van der Waals surface area contributed by atoms with Gasteiger partial charge in [-0.3, -0.25) is 10.1 Å². The van der Waals surface area contributed by atoms with Crippen LogP contribution in [0.3, 0.4) is 0 Å². The van der Waals surface area contributed by atoms with Gasteiger partial charge in [0.25, 0.3) is 5.56 Å². The first-order valence-corrected chi connectivity index (χ1v) is 6.39. The molecule has 1 amide bonds. The minimum absolute atomic E-state index is 0.0466. The van der Waals surface area contributed by atoms with Gasteiger partial charge in [0.05, 0.1) is 12.7 Å². The van der Waals surface area contributed by atoms with Crippen molar-refractivity contribution < 1.29 is 19.1 Å². The van der Waals surface area contributed by atoms with Crippen molar-refractivity contribution >= 4 is 17.7 Å². The fraction of sp³-hybridized carbons (Fsp3) is 0.133. The van der Waals surface area contributed by atoms with Gasteiger partial charge in [-0.25, -0.2) is 9.59 Å². The molecule has 0 unspecified atom stereocenters. The Kier molecular flexibility index (Phi) is 4.92. The smallest absolute Gasteiger partial charge is 0.412 e. The maximum absolute atomic E-state index is 11.8. The molecule has 0 atom stereocenters. The van der Waals surface area contributed by atoms with Gasteiger partial charge >= 0.3 is 12.1 Å². The zero-order chi connectivity index (χ0) is 15.9. The predicted molar refractivity (Wildman–Crippen MR) is 78.7 cm³/mol. The summed E-state index contributed by atoms with van der Waals surface area (Å²) in [4.78, 5) is 37.4. The van der Waals surface area contributed by atoms with Crippen molar-refractivity contribution in [1.82, 2.24) is 4.98 Å². The number of anilines is 1. The third-order valence-electron chi connectivity index (χ3n) is 2.81. The van der Waals surface area contributed by atoms with Crippen molar-refractivity contribution in [2.75, 3.05) is 12.4 Å². The van der Waals surface area contributed by atoms with Crippen molar-refractivity contribution in [3.8, 4) is 0 Å². The number of pyridine rings is 1. The number of amides is 1. The number of carbonyl (C=O) groups excluding carboxylic acids is 2. The molecule has 22 heavy (non-hydrogen) atoms. The first kappa shape index (κ1) is 15.3. The molecule has 2 rings (SSSR count). The van der Waals surface area contributed by atoms with Crippen LogP contribution in [0.2, 0.25) is 0 Å². The highest BCUT2D eigenvalue weighted by atomic mass is 16.5. The predicted octanol–water partition coefficient (Wildman–Crippen LogP) is 1.91. The molecule has 1 aromatic carbocycles. The van der Waals surface area contributed by atoms with Crippen LogP contribution >= 0.6 is 0 Å². The molecule has 2 aromatic rings. The summed E-state index contributed by atoms with van der Waals surface area (Å²) in [6.07, 6.45) is 0.445. The average Bonchev–Trinajstić information content (AvgIpc) is 2.55. The van der Waals surface area contributed by atoms with E-state index in [0.29, 0.717) is 0 Å². The first-order chi connectivity index (χ1) is 10.6. The van der Waals surface area contributed by atoms with E-state index in [1.165, 1.54) is 19.4 Å². The summed E-state index contributed by atoms with van der Waals surface area (Å²) in [5.41, 5.74) is -0.0947. The lowest BCUT2D eigenvalue weighted by atomic mass is 10.2. The Balaban J connectivity index is 2.08. The molecular weight excluding hydrogens is 288 g/mol. The molecule has 0 aliphatic rings. The van der Waals surface area contributed by atoms with Gasteiger partial charge in [-0.05, 0) is 11.6 Å². The second kappa shape index (κ2) is 7.07. The van der Waals surface area contributed by atoms with Gasteiger partial charge in [-0.2, -0.15) is 0 Å². The maximum Gasteiger partial charge on any atom is 0.412 e. The van der Waals surface area contributed by atoms with Crippen LogP contribution < -0.4 is 10.9 Å². The van der Waals surface area contributed by atoms with E-state index in [1.807, 2.05) is 18.2 Å². The highest BCUT2D eigenvalue weighted by Gasteiger charge is 2.17. The zero-order valence-electron chi connectivity index (χ0n) is 11.8. The third-order valence-corrected chi connectivity index (χ3v) is 2.81. The van der Waals surface area contributed by atoms with Gasteiger partial charge in [0.15, 0.2) is 0 Å². The average molecular weight is 302 g/mol. The fourth-order valence-electron chi connectivity index (χ4n) is 1.74. The number of methoxy groups -OCH3 is 1. The molecule has 0 saturated carbocycles. The number of hydrogen-bond acceptors (Lipinski definition) is 5. The number of aromatic nitrogens is 1.